The minimum atomic E-state index is -3.68. The Morgan fingerprint density at radius 2 is 2.05 bits per heavy atom. The number of rotatable bonds is 5. The molecule has 0 bridgehead atoms. The molecule has 0 aliphatic heterocycles. The van der Waals surface area contributed by atoms with Crippen LogP contribution in [0.2, 0.25) is 0 Å². The van der Waals surface area contributed by atoms with E-state index < -0.39 is 10.0 Å². The van der Waals surface area contributed by atoms with Gasteiger partial charge >= 0.3 is 0 Å². The van der Waals surface area contributed by atoms with Crippen LogP contribution in [-0.2, 0) is 16.6 Å². The molecule has 0 spiro atoms. The Labute approximate surface area is 124 Å². The molecule has 21 heavy (non-hydrogen) atoms. The number of sulfonamides is 1. The Bertz CT molecular complexity index is 728. The Morgan fingerprint density at radius 3 is 2.62 bits per heavy atom. The van der Waals surface area contributed by atoms with Crippen molar-refractivity contribution < 1.29 is 13.2 Å². The Hall–Kier alpha value is -2.12. The highest BCUT2D eigenvalue weighted by Gasteiger charge is 2.17. The summed E-state index contributed by atoms with van der Waals surface area (Å²) in [5, 5.41) is 0. The van der Waals surface area contributed by atoms with Gasteiger partial charge in [0.05, 0.1) is 23.9 Å². The molecular weight excluding hydrogens is 290 g/mol. The molecule has 0 aliphatic carbocycles. The Morgan fingerprint density at radius 1 is 1.29 bits per heavy atom. The fraction of sp³-hybridized carbons (Fsp3) is 0.214. The van der Waals surface area contributed by atoms with E-state index in [2.05, 4.69) is 9.71 Å². The average Bonchev–Trinajstić information content (AvgIpc) is 2.48. The number of hydrogen-bond acceptors (Lipinski definition) is 5. The number of aromatic nitrogens is 1. The molecule has 0 saturated heterocycles. The van der Waals surface area contributed by atoms with E-state index in [1.807, 2.05) is 6.07 Å². The molecule has 0 fully saturated rings. The smallest absolute Gasteiger partial charge is 0.262 e. The van der Waals surface area contributed by atoms with E-state index in [4.69, 9.17) is 10.5 Å². The molecule has 7 heteroatoms. The normalized spacial score (nSPS) is 11.2. The zero-order chi connectivity index (χ0) is 15.5. The number of aryl methyl sites for hydroxylation is 1. The van der Waals surface area contributed by atoms with Crippen molar-refractivity contribution in [2.24, 2.45) is 5.73 Å². The van der Waals surface area contributed by atoms with Crippen molar-refractivity contribution in [2.75, 3.05) is 11.8 Å². The topological polar surface area (TPSA) is 94.3 Å². The van der Waals surface area contributed by atoms with Gasteiger partial charge in [0.25, 0.3) is 10.0 Å². The third-order valence-electron chi connectivity index (χ3n) is 2.98. The second kappa shape index (κ2) is 6.11. The molecule has 0 amide bonds. The highest BCUT2D eigenvalue weighted by molar-refractivity contribution is 7.92. The maximum Gasteiger partial charge on any atom is 0.262 e. The van der Waals surface area contributed by atoms with Gasteiger partial charge in [-0.2, -0.15) is 0 Å². The highest BCUT2D eigenvalue weighted by Crippen LogP contribution is 2.21. The first kappa shape index (κ1) is 15.3. The van der Waals surface area contributed by atoms with E-state index in [0.29, 0.717) is 17.1 Å². The lowest BCUT2D eigenvalue weighted by Crippen LogP contribution is -2.15. The van der Waals surface area contributed by atoms with Crippen LogP contribution in [-0.4, -0.2) is 20.5 Å². The second-order valence-electron chi connectivity index (χ2n) is 4.50. The first-order chi connectivity index (χ1) is 9.96. The molecule has 2 rings (SSSR count). The van der Waals surface area contributed by atoms with Gasteiger partial charge in [0.2, 0.25) is 5.88 Å². The van der Waals surface area contributed by atoms with Crippen LogP contribution >= 0.6 is 0 Å². The number of anilines is 1. The van der Waals surface area contributed by atoms with Crippen molar-refractivity contribution in [3.63, 3.8) is 0 Å². The third kappa shape index (κ3) is 3.50. The van der Waals surface area contributed by atoms with E-state index in [0.717, 1.165) is 5.56 Å². The summed E-state index contributed by atoms with van der Waals surface area (Å²) in [5.74, 6) is 0.416. The Balaban J connectivity index is 2.33. The molecule has 2 aromatic rings. The lowest BCUT2D eigenvalue weighted by molar-refractivity contribution is 0.398. The standard InChI is InChI=1S/C14H17N3O3S/c1-10-3-4-11(8-15)7-13(10)21(18,19)17-12-5-6-14(20-2)16-9-12/h3-7,9,17H,8,15H2,1-2H3. The monoisotopic (exact) mass is 307 g/mol. The summed E-state index contributed by atoms with van der Waals surface area (Å²) >= 11 is 0. The van der Waals surface area contributed by atoms with Gasteiger partial charge in [-0.05, 0) is 30.2 Å². The summed E-state index contributed by atoms with van der Waals surface area (Å²) in [6, 6.07) is 8.30. The third-order valence-corrected chi connectivity index (χ3v) is 4.50. The average molecular weight is 307 g/mol. The van der Waals surface area contributed by atoms with Crippen molar-refractivity contribution in [3.05, 3.63) is 47.7 Å². The first-order valence-corrected chi connectivity index (χ1v) is 7.77. The van der Waals surface area contributed by atoms with Crippen LogP contribution < -0.4 is 15.2 Å². The molecule has 0 atom stereocenters. The van der Waals surface area contributed by atoms with Crippen LogP contribution in [0.3, 0.4) is 0 Å². The van der Waals surface area contributed by atoms with Crippen LogP contribution in [0.25, 0.3) is 0 Å². The number of benzene rings is 1. The molecule has 1 aromatic heterocycles. The van der Waals surface area contributed by atoms with Gasteiger partial charge in [-0.25, -0.2) is 13.4 Å². The number of ether oxygens (including phenoxy) is 1. The molecule has 0 aliphatic rings. The molecule has 112 valence electrons. The van der Waals surface area contributed by atoms with Crippen molar-refractivity contribution in [1.29, 1.82) is 0 Å². The zero-order valence-corrected chi connectivity index (χ0v) is 12.6. The summed E-state index contributed by atoms with van der Waals surface area (Å²) in [4.78, 5) is 4.17. The van der Waals surface area contributed by atoms with Gasteiger partial charge in [-0.15, -0.1) is 0 Å². The lowest BCUT2D eigenvalue weighted by Gasteiger charge is -2.11. The molecule has 6 nitrogen and oxygen atoms in total. The van der Waals surface area contributed by atoms with Crippen LogP contribution in [0.15, 0.2) is 41.4 Å². The summed E-state index contributed by atoms with van der Waals surface area (Å²) in [5.41, 5.74) is 7.34. The predicted molar refractivity (Wildman–Crippen MR) is 80.7 cm³/mol. The fourth-order valence-corrected chi connectivity index (χ4v) is 3.17. The highest BCUT2D eigenvalue weighted by atomic mass is 32.2. The minimum Gasteiger partial charge on any atom is -0.481 e. The SMILES string of the molecule is COc1ccc(NS(=O)(=O)c2cc(CN)ccc2C)cn1. The predicted octanol–water partition coefficient (Wildman–Crippen LogP) is 1.66. The Kier molecular flexibility index (Phi) is 4.44. The van der Waals surface area contributed by atoms with Crippen molar-refractivity contribution in [2.45, 2.75) is 18.4 Å². The molecule has 1 heterocycles. The summed E-state index contributed by atoms with van der Waals surface area (Å²) in [6.45, 7) is 2.02. The van der Waals surface area contributed by atoms with E-state index in [9.17, 15) is 8.42 Å². The number of nitrogens with one attached hydrogen (secondary N) is 1. The maximum absolute atomic E-state index is 12.4. The molecule has 0 radical (unpaired) electrons. The fourth-order valence-electron chi connectivity index (χ4n) is 1.83. The van der Waals surface area contributed by atoms with Gasteiger partial charge in [0.15, 0.2) is 0 Å². The van der Waals surface area contributed by atoms with Crippen LogP contribution in [0.4, 0.5) is 5.69 Å². The van der Waals surface area contributed by atoms with Crippen molar-refractivity contribution >= 4 is 15.7 Å². The minimum absolute atomic E-state index is 0.210. The quantitative estimate of drug-likeness (QED) is 0.876. The number of nitrogens with two attached hydrogens (primary N) is 1. The molecule has 3 N–H and O–H groups in total. The van der Waals surface area contributed by atoms with Crippen LogP contribution in [0, 0.1) is 6.92 Å². The summed E-state index contributed by atoms with van der Waals surface area (Å²) in [6.07, 6.45) is 1.40. The molecular formula is C14H17N3O3S. The molecule has 0 saturated carbocycles. The zero-order valence-electron chi connectivity index (χ0n) is 11.8. The van der Waals surface area contributed by atoms with Gasteiger partial charge < -0.3 is 10.5 Å². The van der Waals surface area contributed by atoms with Gasteiger partial charge in [-0.1, -0.05) is 12.1 Å². The number of nitrogens with zero attached hydrogens (tertiary/aromatic N) is 1. The van der Waals surface area contributed by atoms with Crippen molar-refractivity contribution in [1.82, 2.24) is 4.98 Å². The lowest BCUT2D eigenvalue weighted by atomic mass is 10.1. The van der Waals surface area contributed by atoms with Gasteiger partial charge in [0, 0.05) is 12.6 Å². The van der Waals surface area contributed by atoms with Gasteiger partial charge in [0.1, 0.15) is 0 Å². The van der Waals surface area contributed by atoms with Crippen LogP contribution in [0.5, 0.6) is 5.88 Å². The second-order valence-corrected chi connectivity index (χ2v) is 6.15. The number of methoxy groups -OCH3 is 1. The first-order valence-electron chi connectivity index (χ1n) is 6.28. The van der Waals surface area contributed by atoms with E-state index in [-0.39, 0.29) is 11.4 Å². The van der Waals surface area contributed by atoms with Crippen molar-refractivity contribution in [3.8, 4) is 5.88 Å². The van der Waals surface area contributed by atoms with E-state index in [1.165, 1.54) is 13.3 Å². The van der Waals surface area contributed by atoms with E-state index >= 15 is 0 Å². The van der Waals surface area contributed by atoms with E-state index in [1.54, 1.807) is 31.2 Å². The largest absolute Gasteiger partial charge is 0.481 e. The molecule has 1 aromatic carbocycles. The number of pyridine rings is 1. The summed E-state index contributed by atoms with van der Waals surface area (Å²) < 4.78 is 32.3. The van der Waals surface area contributed by atoms with Gasteiger partial charge in [-0.3, -0.25) is 4.72 Å². The number of hydrogen-bond donors (Lipinski definition) is 2. The maximum atomic E-state index is 12.4. The van der Waals surface area contributed by atoms with Crippen LogP contribution in [0.1, 0.15) is 11.1 Å². The summed E-state index contributed by atoms with van der Waals surface area (Å²) in [7, 11) is -2.19. The molecule has 0 unspecified atom stereocenters.